The first-order chi connectivity index (χ1) is 16.7. The van der Waals surface area contributed by atoms with Gasteiger partial charge in [-0.25, -0.2) is 5.01 Å². The normalized spacial score (nSPS) is 20.5. The quantitative estimate of drug-likeness (QED) is 0.236. The van der Waals surface area contributed by atoms with E-state index in [1.807, 2.05) is 0 Å². The van der Waals surface area contributed by atoms with E-state index in [9.17, 15) is 19.2 Å². The minimum Gasteiger partial charge on any atom is -0.292 e. The number of hydrogen-bond donors (Lipinski definition) is 0. The van der Waals surface area contributed by atoms with Crippen molar-refractivity contribution in [1.29, 1.82) is 0 Å². The minimum absolute atomic E-state index is 0.0121. The first-order valence-corrected chi connectivity index (χ1v) is 12.9. The zero-order valence-corrected chi connectivity index (χ0v) is 21.6. The van der Waals surface area contributed by atoms with Crippen LogP contribution in [0.3, 0.4) is 0 Å². The number of alkyl halides is 1. The summed E-state index contributed by atoms with van der Waals surface area (Å²) < 4.78 is 0. The number of Topliss-reactive ketones (excluding diaryl/α,β-unsaturated/α-hetero) is 1. The van der Waals surface area contributed by atoms with Crippen molar-refractivity contribution >= 4 is 69.9 Å². The van der Waals surface area contributed by atoms with Gasteiger partial charge in [0.1, 0.15) is 6.04 Å². The summed E-state index contributed by atoms with van der Waals surface area (Å²) in [5, 5.41) is 2.65. The van der Waals surface area contributed by atoms with Crippen LogP contribution in [0.2, 0.25) is 15.1 Å². The molecule has 35 heavy (non-hydrogen) atoms. The van der Waals surface area contributed by atoms with Crippen LogP contribution in [0.15, 0.2) is 42.5 Å². The van der Waals surface area contributed by atoms with Crippen LogP contribution in [0.5, 0.6) is 0 Å². The number of carbonyl (C=O) groups is 4. The SMILES string of the molecule is O=C(c1ccc(Cl)cc1)[C@@H](CCCl)N(C(=O)c1ccc(Cl)c(Cl)c1)N1C(=O)[C@H]2CCCC[C@@H]2C1=O. The van der Waals surface area contributed by atoms with Gasteiger partial charge in [-0.15, -0.1) is 11.6 Å². The Bertz CT molecular complexity index is 1150. The molecule has 3 amide bonds. The Balaban J connectivity index is 1.81. The molecule has 0 radical (unpaired) electrons. The molecule has 0 bridgehead atoms. The van der Waals surface area contributed by atoms with Gasteiger partial charge in [0.15, 0.2) is 5.78 Å². The third-order valence-electron chi connectivity index (χ3n) is 6.52. The van der Waals surface area contributed by atoms with Gasteiger partial charge in [-0.05, 0) is 61.7 Å². The number of benzene rings is 2. The van der Waals surface area contributed by atoms with E-state index in [0.29, 0.717) is 17.9 Å². The van der Waals surface area contributed by atoms with Crippen molar-refractivity contribution in [1.82, 2.24) is 10.0 Å². The van der Waals surface area contributed by atoms with E-state index >= 15 is 0 Å². The van der Waals surface area contributed by atoms with Crippen molar-refractivity contribution in [3.05, 3.63) is 68.7 Å². The molecule has 2 fully saturated rings. The van der Waals surface area contributed by atoms with E-state index in [2.05, 4.69) is 0 Å². The predicted molar refractivity (Wildman–Crippen MR) is 135 cm³/mol. The number of hydrazine groups is 1. The molecule has 0 unspecified atom stereocenters. The number of carbonyl (C=O) groups excluding carboxylic acids is 4. The van der Waals surface area contributed by atoms with Gasteiger partial charge >= 0.3 is 0 Å². The zero-order chi connectivity index (χ0) is 25.3. The monoisotopic (exact) mass is 554 g/mol. The van der Waals surface area contributed by atoms with Crippen molar-refractivity contribution in [3.63, 3.8) is 0 Å². The van der Waals surface area contributed by atoms with Crippen molar-refractivity contribution in [2.24, 2.45) is 11.8 Å². The molecule has 1 heterocycles. The second-order valence-corrected chi connectivity index (χ2v) is 10.3. The molecular weight excluding hydrogens is 534 g/mol. The van der Waals surface area contributed by atoms with Crippen LogP contribution in [0.1, 0.15) is 52.8 Å². The highest BCUT2D eigenvalue weighted by atomic mass is 35.5. The fourth-order valence-electron chi connectivity index (χ4n) is 4.76. The summed E-state index contributed by atoms with van der Waals surface area (Å²) in [6, 6.07) is 9.19. The molecule has 10 heteroatoms. The summed E-state index contributed by atoms with van der Waals surface area (Å²) in [6.07, 6.45) is 2.79. The maximum atomic E-state index is 13.9. The maximum Gasteiger partial charge on any atom is 0.273 e. The van der Waals surface area contributed by atoms with Crippen LogP contribution in [-0.4, -0.2) is 45.4 Å². The maximum absolute atomic E-state index is 13.9. The third-order valence-corrected chi connectivity index (χ3v) is 7.73. The molecular formula is C25H22Cl4N2O4. The molecule has 1 aliphatic heterocycles. The fraction of sp³-hybridized carbons (Fsp3) is 0.360. The van der Waals surface area contributed by atoms with Crippen molar-refractivity contribution < 1.29 is 19.2 Å². The highest BCUT2D eigenvalue weighted by Gasteiger charge is 2.53. The lowest BCUT2D eigenvalue weighted by Crippen LogP contribution is -2.57. The van der Waals surface area contributed by atoms with Gasteiger partial charge in [-0.3, -0.25) is 19.2 Å². The topological polar surface area (TPSA) is 74.8 Å². The first kappa shape index (κ1) is 26.0. The van der Waals surface area contributed by atoms with Gasteiger partial charge in [0.25, 0.3) is 17.7 Å². The summed E-state index contributed by atoms with van der Waals surface area (Å²) in [5.74, 6) is -3.15. The van der Waals surface area contributed by atoms with Crippen LogP contribution in [0, 0.1) is 11.8 Å². The van der Waals surface area contributed by atoms with E-state index < -0.39 is 41.4 Å². The van der Waals surface area contributed by atoms with E-state index in [0.717, 1.165) is 22.9 Å². The molecule has 2 aliphatic rings. The number of ketones is 1. The number of nitrogens with zero attached hydrogens (tertiary/aromatic N) is 2. The number of hydrogen-bond acceptors (Lipinski definition) is 4. The molecule has 1 aliphatic carbocycles. The lowest BCUT2D eigenvalue weighted by Gasteiger charge is -2.36. The zero-order valence-electron chi connectivity index (χ0n) is 18.6. The molecule has 2 aromatic rings. The Morgan fingerprint density at radius 2 is 1.46 bits per heavy atom. The first-order valence-electron chi connectivity index (χ1n) is 11.3. The van der Waals surface area contributed by atoms with Crippen LogP contribution in [-0.2, 0) is 9.59 Å². The van der Waals surface area contributed by atoms with E-state index in [4.69, 9.17) is 46.4 Å². The van der Waals surface area contributed by atoms with E-state index in [1.165, 1.54) is 30.3 Å². The summed E-state index contributed by atoms with van der Waals surface area (Å²) in [5.41, 5.74) is 0.353. The molecule has 184 valence electrons. The molecule has 0 N–H and O–H groups in total. The molecule has 4 rings (SSSR count). The highest BCUT2D eigenvalue weighted by molar-refractivity contribution is 6.42. The van der Waals surface area contributed by atoms with Gasteiger partial charge < -0.3 is 0 Å². The molecule has 0 spiro atoms. The summed E-state index contributed by atoms with van der Waals surface area (Å²) in [7, 11) is 0. The lowest BCUT2D eigenvalue weighted by atomic mass is 9.81. The van der Waals surface area contributed by atoms with Gasteiger partial charge in [0.2, 0.25) is 0 Å². The Morgan fingerprint density at radius 3 is 2.00 bits per heavy atom. The minimum atomic E-state index is -1.20. The highest BCUT2D eigenvalue weighted by Crippen LogP contribution is 2.40. The second-order valence-electron chi connectivity index (χ2n) is 8.63. The van der Waals surface area contributed by atoms with Crippen LogP contribution in [0.4, 0.5) is 0 Å². The number of amides is 3. The number of fused-ring (bicyclic) bond motifs is 1. The summed E-state index contributed by atoms with van der Waals surface area (Å²) >= 11 is 24.2. The van der Waals surface area contributed by atoms with Gasteiger partial charge in [0.05, 0.1) is 21.9 Å². The molecule has 1 saturated carbocycles. The largest absolute Gasteiger partial charge is 0.292 e. The fourth-order valence-corrected chi connectivity index (χ4v) is 5.40. The molecule has 0 aromatic heterocycles. The van der Waals surface area contributed by atoms with Gasteiger partial charge in [-0.2, -0.15) is 5.01 Å². The predicted octanol–water partition coefficient (Wildman–Crippen LogP) is 6.06. The summed E-state index contributed by atoms with van der Waals surface area (Å²) in [6.45, 7) is 0. The smallest absolute Gasteiger partial charge is 0.273 e. The molecule has 3 atom stereocenters. The van der Waals surface area contributed by atoms with Crippen molar-refractivity contribution in [2.45, 2.75) is 38.1 Å². The average molecular weight is 556 g/mol. The van der Waals surface area contributed by atoms with Crippen molar-refractivity contribution in [3.8, 4) is 0 Å². The Labute approximate surface area is 223 Å². The van der Waals surface area contributed by atoms with E-state index in [-0.39, 0.29) is 33.5 Å². The number of halogens is 4. The van der Waals surface area contributed by atoms with E-state index in [1.54, 1.807) is 12.1 Å². The van der Waals surface area contributed by atoms with Crippen LogP contribution >= 0.6 is 46.4 Å². The van der Waals surface area contributed by atoms with Crippen LogP contribution in [0.25, 0.3) is 0 Å². The average Bonchev–Trinajstić information content (AvgIpc) is 3.10. The Kier molecular flexibility index (Phi) is 8.06. The standard InChI is InChI=1S/C25H22Cl4N2O4/c26-12-11-21(22(32)14-5-8-16(27)9-6-14)30(23(33)15-7-10-19(28)20(29)13-15)31-24(34)17-3-1-2-4-18(17)25(31)35/h5-10,13,17-18,21H,1-4,11-12H2/t17-,18-,21+/m0/s1. The Morgan fingerprint density at radius 1 is 0.886 bits per heavy atom. The number of rotatable bonds is 7. The third kappa shape index (κ3) is 5.08. The van der Waals surface area contributed by atoms with Gasteiger partial charge in [-0.1, -0.05) is 47.6 Å². The number of imide groups is 1. The molecule has 1 saturated heterocycles. The lowest BCUT2D eigenvalue weighted by molar-refractivity contribution is -0.156. The van der Waals surface area contributed by atoms with Crippen molar-refractivity contribution in [2.75, 3.05) is 5.88 Å². The second kappa shape index (κ2) is 10.9. The molecule has 2 aromatic carbocycles. The van der Waals surface area contributed by atoms with Crippen LogP contribution < -0.4 is 0 Å². The Hall–Kier alpha value is -2.12. The summed E-state index contributed by atoms with van der Waals surface area (Å²) in [4.78, 5) is 54.4. The molecule has 6 nitrogen and oxygen atoms in total. The van der Waals surface area contributed by atoms with Gasteiger partial charge in [0, 0.05) is 22.0 Å².